The molecule has 0 heterocycles. The number of rotatable bonds is 26. The van der Waals surface area contributed by atoms with Gasteiger partial charge in [-0.2, -0.15) is 0 Å². The Kier molecular flexibility index (Phi) is 23.3. The topological polar surface area (TPSA) is 151 Å². The summed E-state index contributed by atoms with van der Waals surface area (Å²) in [5.74, 6) is -0.788. The number of amides is 3. The van der Waals surface area contributed by atoms with Crippen molar-refractivity contribution in [2.24, 2.45) is 11.3 Å². The van der Waals surface area contributed by atoms with Gasteiger partial charge in [-0.25, -0.2) is 9.59 Å². The first-order valence-corrected chi connectivity index (χ1v) is 20.9. The molecule has 3 atom stereocenters. The highest BCUT2D eigenvalue weighted by Gasteiger charge is 2.46. The Morgan fingerprint density at radius 3 is 1.66 bits per heavy atom. The van der Waals surface area contributed by atoms with Crippen LogP contribution in [0.5, 0.6) is 5.75 Å². The molecule has 1 rings (SSSR count). The van der Waals surface area contributed by atoms with Gasteiger partial charge in [0.25, 0.3) is 0 Å². The molecule has 0 unspecified atom stereocenters. The van der Waals surface area contributed by atoms with Gasteiger partial charge in [0.1, 0.15) is 30.0 Å². The van der Waals surface area contributed by atoms with Gasteiger partial charge in [-0.15, -0.1) is 0 Å². The Labute approximate surface area is 354 Å². The molecule has 0 aromatic heterocycles. The molecule has 1 aromatic carbocycles. The monoisotopic (exact) mass is 836 g/mol. The van der Waals surface area contributed by atoms with Gasteiger partial charge in [-0.05, 0) is 70.1 Å². The summed E-state index contributed by atoms with van der Waals surface area (Å²) < 4.78 is 38.8. The number of hydrogen-bond donors (Lipinski definition) is 1. The molecular weight excluding hydrogens is 759 g/mol. The van der Waals surface area contributed by atoms with Crippen LogP contribution >= 0.6 is 0 Å². The number of nitrogens with zero attached hydrogens (tertiary/aromatic N) is 2. The molecule has 338 valence electrons. The van der Waals surface area contributed by atoms with E-state index in [1.54, 1.807) is 52.6 Å². The van der Waals surface area contributed by atoms with Gasteiger partial charge in [0.2, 0.25) is 11.8 Å². The molecule has 14 heteroatoms. The largest absolute Gasteiger partial charge is 0.491 e. The molecule has 59 heavy (non-hydrogen) atoms. The molecule has 1 N–H and O–H groups in total. The summed E-state index contributed by atoms with van der Waals surface area (Å²) in [5, 5.41) is 3.03. The molecule has 0 aliphatic carbocycles. The van der Waals surface area contributed by atoms with Gasteiger partial charge in [-0.1, -0.05) is 73.6 Å². The summed E-state index contributed by atoms with van der Waals surface area (Å²) in [5.41, 5.74) is -1.41. The number of likely N-dealkylation sites (N-methyl/N-ethyl adjacent to an activating group) is 2. The molecular formula is C45H77N3O11. The van der Waals surface area contributed by atoms with E-state index in [0.29, 0.717) is 64.2 Å². The Morgan fingerprint density at radius 2 is 1.22 bits per heavy atom. The van der Waals surface area contributed by atoms with Gasteiger partial charge >= 0.3 is 12.1 Å². The zero-order chi connectivity index (χ0) is 45.0. The van der Waals surface area contributed by atoms with Crippen LogP contribution < -0.4 is 10.1 Å². The third-order valence-electron chi connectivity index (χ3n) is 9.46. The fourth-order valence-corrected chi connectivity index (χ4v) is 6.23. The van der Waals surface area contributed by atoms with Crippen LogP contribution in [-0.4, -0.2) is 138 Å². The van der Waals surface area contributed by atoms with Crippen molar-refractivity contribution in [1.82, 2.24) is 15.1 Å². The second kappa shape index (κ2) is 25.8. The van der Waals surface area contributed by atoms with Crippen LogP contribution in [0.2, 0.25) is 0 Å². The van der Waals surface area contributed by atoms with Crippen molar-refractivity contribution in [3.63, 3.8) is 0 Å². The molecule has 0 fully saturated rings. The zero-order valence-electron chi connectivity index (χ0n) is 38.9. The zero-order valence-corrected chi connectivity index (χ0v) is 38.9. The maximum absolute atomic E-state index is 14.7. The summed E-state index contributed by atoms with van der Waals surface area (Å²) in [4.78, 5) is 58.0. The Balaban J connectivity index is 3.18. The average molecular weight is 836 g/mol. The standard InChI is InChI=1S/C45H77N3O11/c1-16-22-53-23-24-54-25-26-55-27-28-56-29-30-58-35-20-18-34(19-21-35)45(12,13)38(48(15)42(52)59-44(9,10)11)39(49)46-37(43(6,7)8)40(50)47(14)36(32(3)4)31-33(5)41(51)57-17-2/h18-21,31-32,36-38H,16-17,22-30H2,1-15H3,(H,46,49)/b33-31+/t36-,37-,38-/m1/s1. The third kappa shape index (κ3) is 19.0. The highest BCUT2D eigenvalue weighted by molar-refractivity contribution is 5.93. The van der Waals surface area contributed by atoms with Crippen LogP contribution in [0.25, 0.3) is 0 Å². The summed E-state index contributed by atoms with van der Waals surface area (Å²) in [7, 11) is 3.19. The summed E-state index contributed by atoms with van der Waals surface area (Å²) in [6.07, 6.45) is 2.03. The van der Waals surface area contributed by atoms with Gasteiger partial charge in [-0.3, -0.25) is 14.5 Å². The molecule has 1 aromatic rings. The fourth-order valence-electron chi connectivity index (χ4n) is 6.23. The number of hydrogen-bond acceptors (Lipinski definition) is 11. The minimum absolute atomic E-state index is 0.0641. The van der Waals surface area contributed by atoms with E-state index in [1.165, 1.54) is 11.9 Å². The lowest BCUT2D eigenvalue weighted by Crippen LogP contribution is -2.63. The maximum Gasteiger partial charge on any atom is 0.410 e. The van der Waals surface area contributed by atoms with E-state index in [4.69, 9.17) is 33.2 Å². The van der Waals surface area contributed by atoms with E-state index < -0.39 is 52.5 Å². The predicted molar refractivity (Wildman–Crippen MR) is 229 cm³/mol. The second-order valence-corrected chi connectivity index (χ2v) is 17.6. The molecule has 0 spiro atoms. The fraction of sp³-hybridized carbons (Fsp3) is 0.733. The van der Waals surface area contributed by atoms with E-state index in [0.717, 1.165) is 18.6 Å². The van der Waals surface area contributed by atoms with Crippen LogP contribution in [0, 0.1) is 11.3 Å². The number of ether oxygens (including phenoxy) is 7. The number of esters is 1. The molecule has 0 aliphatic heterocycles. The van der Waals surface area contributed by atoms with E-state index in [-0.39, 0.29) is 18.4 Å². The SMILES string of the molecule is CCCOCCOCCOCCOCCOc1ccc(C(C)(C)[C@@H](C(=O)N[C@H](C(=O)N(C)[C@H](/C=C(\C)C(=O)OCC)C(C)C)C(C)(C)C)N(C)C(=O)OC(C)(C)C)cc1. The lowest BCUT2D eigenvalue weighted by atomic mass is 9.76. The Morgan fingerprint density at radius 1 is 0.729 bits per heavy atom. The van der Waals surface area contributed by atoms with Gasteiger partial charge in [0.15, 0.2) is 0 Å². The molecule has 0 aliphatic rings. The summed E-state index contributed by atoms with van der Waals surface area (Å²) in [6, 6.07) is 4.76. The van der Waals surface area contributed by atoms with E-state index in [9.17, 15) is 19.2 Å². The quantitative estimate of drug-likeness (QED) is 0.0613. The first-order chi connectivity index (χ1) is 27.5. The van der Waals surface area contributed by atoms with Crippen molar-refractivity contribution in [2.45, 2.75) is 126 Å². The highest BCUT2D eigenvalue weighted by atomic mass is 16.6. The van der Waals surface area contributed by atoms with Gasteiger partial charge < -0.3 is 43.4 Å². The first kappa shape index (κ1) is 53.3. The predicted octanol–water partition coefficient (Wildman–Crippen LogP) is 6.58. The number of carbonyl (C=O) groups excluding carboxylic acids is 4. The number of benzene rings is 1. The van der Waals surface area contributed by atoms with Crippen molar-refractivity contribution < 1.29 is 52.3 Å². The lowest BCUT2D eigenvalue weighted by Gasteiger charge is -2.42. The van der Waals surface area contributed by atoms with Crippen LogP contribution in [0.15, 0.2) is 35.9 Å². The minimum atomic E-state index is -1.11. The molecule has 14 nitrogen and oxygen atoms in total. The van der Waals surface area contributed by atoms with Crippen molar-refractivity contribution in [1.29, 1.82) is 0 Å². The molecule has 0 saturated carbocycles. The second-order valence-electron chi connectivity index (χ2n) is 17.6. The summed E-state index contributed by atoms with van der Waals surface area (Å²) in [6.45, 7) is 28.6. The van der Waals surface area contributed by atoms with E-state index >= 15 is 0 Å². The van der Waals surface area contributed by atoms with E-state index in [1.807, 2.05) is 72.7 Å². The van der Waals surface area contributed by atoms with Crippen molar-refractivity contribution in [2.75, 3.05) is 80.2 Å². The third-order valence-corrected chi connectivity index (χ3v) is 9.46. The van der Waals surface area contributed by atoms with Crippen molar-refractivity contribution in [3.8, 4) is 5.75 Å². The Bertz CT molecular complexity index is 1450. The van der Waals surface area contributed by atoms with Gasteiger partial charge in [0, 0.05) is 31.7 Å². The molecule has 0 bridgehead atoms. The molecule has 0 radical (unpaired) electrons. The Hall–Kier alpha value is -3.72. The van der Waals surface area contributed by atoms with Crippen LogP contribution in [0.4, 0.5) is 4.79 Å². The average Bonchev–Trinajstić information content (AvgIpc) is 3.14. The van der Waals surface area contributed by atoms with Crippen LogP contribution in [-0.2, 0) is 48.2 Å². The normalized spacial score (nSPS) is 14.0. The van der Waals surface area contributed by atoms with Gasteiger partial charge in [0.05, 0.1) is 58.9 Å². The van der Waals surface area contributed by atoms with Crippen molar-refractivity contribution in [3.05, 3.63) is 41.5 Å². The number of nitrogens with one attached hydrogen (secondary N) is 1. The van der Waals surface area contributed by atoms with Crippen molar-refractivity contribution >= 4 is 23.9 Å². The number of carbonyl (C=O) groups is 4. The summed E-state index contributed by atoms with van der Waals surface area (Å²) >= 11 is 0. The minimum Gasteiger partial charge on any atom is -0.491 e. The van der Waals surface area contributed by atoms with E-state index in [2.05, 4.69) is 12.2 Å². The molecule has 3 amide bonds. The molecule has 0 saturated heterocycles. The highest BCUT2D eigenvalue weighted by Crippen LogP contribution is 2.33. The lowest BCUT2D eigenvalue weighted by molar-refractivity contribution is -0.142. The smallest absolute Gasteiger partial charge is 0.410 e. The van der Waals surface area contributed by atoms with Crippen LogP contribution in [0.1, 0.15) is 102 Å². The van der Waals surface area contributed by atoms with Crippen LogP contribution in [0.3, 0.4) is 0 Å². The first-order valence-electron chi connectivity index (χ1n) is 20.9. The maximum atomic E-state index is 14.7.